The fourth-order valence-corrected chi connectivity index (χ4v) is 3.55. The Morgan fingerprint density at radius 3 is 2.58 bits per heavy atom. The van der Waals surface area contributed by atoms with Gasteiger partial charge in [0, 0.05) is 17.7 Å². The number of aromatic nitrogens is 2. The molecule has 0 bridgehead atoms. The molecule has 1 aliphatic heterocycles. The first-order valence-corrected chi connectivity index (χ1v) is 8.46. The summed E-state index contributed by atoms with van der Waals surface area (Å²) in [7, 11) is 0. The maximum atomic E-state index is 13.5. The van der Waals surface area contributed by atoms with Crippen LogP contribution in [0, 0.1) is 13.8 Å². The summed E-state index contributed by atoms with van der Waals surface area (Å²) in [5.41, 5.74) is 3.74. The van der Waals surface area contributed by atoms with E-state index in [1.807, 2.05) is 32.0 Å². The number of aryl methyl sites for hydroxylation is 2. The van der Waals surface area contributed by atoms with Crippen molar-refractivity contribution in [3.63, 3.8) is 0 Å². The topological polar surface area (TPSA) is 29.9 Å². The number of nitrogens with one attached hydrogen (secondary N) is 1. The first-order valence-electron chi connectivity index (χ1n) is 8.46. The van der Waals surface area contributed by atoms with Crippen LogP contribution in [0.3, 0.4) is 0 Å². The van der Waals surface area contributed by atoms with E-state index in [-0.39, 0.29) is 5.56 Å². The largest absolute Gasteiger partial charge is 0.417 e. The summed E-state index contributed by atoms with van der Waals surface area (Å²) >= 11 is 0. The predicted octanol–water partition coefficient (Wildman–Crippen LogP) is 5.14. The lowest BCUT2D eigenvalue weighted by atomic mass is 10.0. The molecule has 2 heterocycles. The van der Waals surface area contributed by atoms with Crippen LogP contribution in [0.15, 0.2) is 42.5 Å². The number of alkyl halides is 3. The molecule has 3 nitrogen and oxygen atoms in total. The molecule has 0 atom stereocenters. The van der Waals surface area contributed by atoms with E-state index in [4.69, 9.17) is 0 Å². The van der Waals surface area contributed by atoms with Crippen molar-refractivity contribution in [2.24, 2.45) is 0 Å². The molecule has 1 aromatic heterocycles. The average Bonchev–Trinajstić information content (AvgIpc) is 3.17. The summed E-state index contributed by atoms with van der Waals surface area (Å²) in [5, 5.41) is 7.87. The zero-order valence-electron chi connectivity index (χ0n) is 14.5. The first-order chi connectivity index (χ1) is 12.4. The number of fused-ring (bicyclic) bond motifs is 1. The van der Waals surface area contributed by atoms with Gasteiger partial charge in [-0.05, 0) is 38.0 Å². The first kappa shape index (κ1) is 16.7. The van der Waals surface area contributed by atoms with E-state index in [1.54, 1.807) is 10.7 Å². The van der Waals surface area contributed by atoms with Crippen LogP contribution in [0.1, 0.15) is 22.3 Å². The summed E-state index contributed by atoms with van der Waals surface area (Å²) < 4.78 is 42.2. The zero-order valence-corrected chi connectivity index (χ0v) is 14.5. The van der Waals surface area contributed by atoms with Crippen LogP contribution in [-0.2, 0) is 12.6 Å². The maximum Gasteiger partial charge on any atom is 0.417 e. The maximum absolute atomic E-state index is 13.5. The number of anilines is 1. The van der Waals surface area contributed by atoms with Crippen LogP contribution in [0.2, 0.25) is 0 Å². The summed E-state index contributed by atoms with van der Waals surface area (Å²) in [6.45, 7) is 4.68. The van der Waals surface area contributed by atoms with Crippen LogP contribution in [0.4, 0.5) is 19.0 Å². The van der Waals surface area contributed by atoms with Crippen molar-refractivity contribution in [2.75, 3.05) is 11.9 Å². The zero-order chi connectivity index (χ0) is 18.5. The molecule has 0 amide bonds. The van der Waals surface area contributed by atoms with E-state index in [1.165, 1.54) is 12.1 Å². The molecular formula is C20H18F3N3. The van der Waals surface area contributed by atoms with E-state index in [0.717, 1.165) is 34.3 Å². The molecule has 6 heteroatoms. The number of hydrogen-bond donors (Lipinski definition) is 1. The van der Waals surface area contributed by atoms with Gasteiger partial charge in [-0.2, -0.15) is 18.3 Å². The third-order valence-electron chi connectivity index (χ3n) is 4.72. The van der Waals surface area contributed by atoms with Gasteiger partial charge in [0.2, 0.25) is 0 Å². The molecule has 0 fully saturated rings. The van der Waals surface area contributed by atoms with Crippen LogP contribution in [0.25, 0.3) is 16.9 Å². The molecule has 26 heavy (non-hydrogen) atoms. The summed E-state index contributed by atoms with van der Waals surface area (Å²) in [4.78, 5) is 0. The van der Waals surface area contributed by atoms with Gasteiger partial charge in [0.1, 0.15) is 5.82 Å². The summed E-state index contributed by atoms with van der Waals surface area (Å²) in [5.74, 6) is 0.781. The van der Waals surface area contributed by atoms with Crippen molar-refractivity contribution in [3.05, 3.63) is 64.7 Å². The second kappa shape index (κ2) is 5.90. The lowest BCUT2D eigenvalue weighted by Gasteiger charge is -2.12. The van der Waals surface area contributed by atoms with Crippen molar-refractivity contribution in [2.45, 2.75) is 26.4 Å². The van der Waals surface area contributed by atoms with Crippen LogP contribution < -0.4 is 5.32 Å². The van der Waals surface area contributed by atoms with E-state index in [9.17, 15) is 13.2 Å². The van der Waals surface area contributed by atoms with Crippen LogP contribution in [-0.4, -0.2) is 16.3 Å². The van der Waals surface area contributed by atoms with Crippen molar-refractivity contribution in [1.29, 1.82) is 0 Å². The standard InChI is InChI=1S/C20H18F3N3/c1-12-7-8-17(13(2)11-12)26-19-15(9-10-24-19)18(25-26)14-5-3-4-6-16(14)20(21,22)23/h3-8,11,24H,9-10H2,1-2H3. The molecule has 1 aliphatic rings. The van der Waals surface area contributed by atoms with Gasteiger partial charge in [-0.1, -0.05) is 35.9 Å². The minimum absolute atomic E-state index is 0.128. The minimum Gasteiger partial charge on any atom is -0.369 e. The van der Waals surface area contributed by atoms with Gasteiger partial charge >= 0.3 is 6.18 Å². The molecule has 1 N–H and O–H groups in total. The number of benzene rings is 2. The number of hydrogen-bond acceptors (Lipinski definition) is 2. The van der Waals surface area contributed by atoms with E-state index >= 15 is 0 Å². The van der Waals surface area contributed by atoms with Crippen LogP contribution in [0.5, 0.6) is 0 Å². The molecule has 4 rings (SSSR count). The highest BCUT2D eigenvalue weighted by Gasteiger charge is 2.35. The predicted molar refractivity (Wildman–Crippen MR) is 95.7 cm³/mol. The SMILES string of the molecule is Cc1ccc(-n2nc(-c3ccccc3C(F)(F)F)c3c2NCC3)c(C)c1. The molecular weight excluding hydrogens is 339 g/mol. The Labute approximate surface area is 149 Å². The third-order valence-corrected chi connectivity index (χ3v) is 4.72. The monoisotopic (exact) mass is 357 g/mol. The normalized spacial score (nSPS) is 13.6. The molecule has 0 spiro atoms. The highest BCUT2D eigenvalue weighted by molar-refractivity contribution is 5.75. The molecule has 0 saturated carbocycles. The van der Waals surface area contributed by atoms with Gasteiger partial charge in [0.15, 0.2) is 0 Å². The summed E-state index contributed by atoms with van der Waals surface area (Å²) in [6.07, 6.45) is -3.76. The smallest absolute Gasteiger partial charge is 0.369 e. The van der Waals surface area contributed by atoms with Crippen LogP contribution >= 0.6 is 0 Å². The Morgan fingerprint density at radius 1 is 1.08 bits per heavy atom. The van der Waals surface area contributed by atoms with Crippen molar-refractivity contribution in [1.82, 2.24) is 9.78 Å². The van der Waals surface area contributed by atoms with Gasteiger partial charge in [-0.15, -0.1) is 0 Å². The van der Waals surface area contributed by atoms with E-state index in [0.29, 0.717) is 18.7 Å². The fraction of sp³-hybridized carbons (Fsp3) is 0.250. The third kappa shape index (κ3) is 2.66. The molecule has 0 unspecified atom stereocenters. The number of rotatable bonds is 2. The number of nitrogens with zero attached hydrogens (tertiary/aromatic N) is 2. The second-order valence-electron chi connectivity index (χ2n) is 6.60. The average molecular weight is 357 g/mol. The van der Waals surface area contributed by atoms with Crippen molar-refractivity contribution < 1.29 is 13.2 Å². The Hall–Kier alpha value is -2.76. The van der Waals surface area contributed by atoms with Crippen molar-refractivity contribution in [3.8, 4) is 16.9 Å². The van der Waals surface area contributed by atoms with Crippen molar-refractivity contribution >= 4 is 5.82 Å². The van der Waals surface area contributed by atoms with Gasteiger partial charge in [-0.3, -0.25) is 0 Å². The highest BCUT2D eigenvalue weighted by Crippen LogP contribution is 2.41. The molecule has 0 aliphatic carbocycles. The fourth-order valence-electron chi connectivity index (χ4n) is 3.55. The lowest BCUT2D eigenvalue weighted by molar-refractivity contribution is -0.137. The summed E-state index contributed by atoms with van der Waals surface area (Å²) in [6, 6.07) is 11.6. The van der Waals surface area contributed by atoms with E-state index in [2.05, 4.69) is 10.4 Å². The molecule has 0 radical (unpaired) electrons. The van der Waals surface area contributed by atoms with Gasteiger partial charge < -0.3 is 5.32 Å². The Morgan fingerprint density at radius 2 is 1.85 bits per heavy atom. The molecule has 2 aromatic carbocycles. The minimum atomic E-state index is -4.42. The molecule has 134 valence electrons. The lowest BCUT2D eigenvalue weighted by Crippen LogP contribution is -2.09. The Balaban J connectivity index is 1.94. The highest BCUT2D eigenvalue weighted by atomic mass is 19.4. The van der Waals surface area contributed by atoms with Gasteiger partial charge in [0.25, 0.3) is 0 Å². The molecule has 0 saturated heterocycles. The second-order valence-corrected chi connectivity index (χ2v) is 6.60. The Kier molecular flexibility index (Phi) is 3.79. The van der Waals surface area contributed by atoms with E-state index < -0.39 is 11.7 Å². The van der Waals surface area contributed by atoms with Gasteiger partial charge in [-0.25, -0.2) is 4.68 Å². The van der Waals surface area contributed by atoms with Gasteiger partial charge in [0.05, 0.1) is 16.9 Å². The number of halogens is 3. The Bertz CT molecular complexity index is 986. The quantitative estimate of drug-likeness (QED) is 0.688. The molecule has 3 aromatic rings.